The van der Waals surface area contributed by atoms with Crippen LogP contribution in [-0.2, 0) is 6.42 Å². The molecular formula is C8H8BrNS. The van der Waals surface area contributed by atoms with Gasteiger partial charge in [-0.15, -0.1) is 11.3 Å². The van der Waals surface area contributed by atoms with Crippen molar-refractivity contribution in [1.29, 1.82) is 5.26 Å². The molecule has 1 aromatic rings. The number of halogens is 1. The topological polar surface area (TPSA) is 23.8 Å². The average Bonchev–Trinajstić information content (AvgIpc) is 2.34. The summed E-state index contributed by atoms with van der Waals surface area (Å²) in [4.78, 5) is 2.56. The maximum absolute atomic E-state index is 8.53. The van der Waals surface area contributed by atoms with E-state index >= 15 is 0 Å². The number of nitrogens with zero attached hydrogens (tertiary/aromatic N) is 1. The Labute approximate surface area is 78.8 Å². The van der Waals surface area contributed by atoms with Gasteiger partial charge in [0.25, 0.3) is 0 Å². The Kier molecular flexibility index (Phi) is 3.10. The molecule has 0 saturated heterocycles. The molecule has 0 aliphatic heterocycles. The Balaban J connectivity index is 2.67. The fourth-order valence-corrected chi connectivity index (χ4v) is 2.32. The second-order valence-electron chi connectivity index (χ2n) is 2.36. The lowest BCUT2D eigenvalue weighted by Gasteiger charge is -1.96. The molecule has 0 spiro atoms. The Hall–Kier alpha value is -0.330. The molecule has 0 bridgehead atoms. The molecule has 1 rings (SSSR count). The predicted octanol–water partition coefficient (Wildman–Crippen LogP) is 2.95. The van der Waals surface area contributed by atoms with Gasteiger partial charge in [0.15, 0.2) is 0 Å². The first-order valence-electron chi connectivity index (χ1n) is 3.35. The zero-order valence-corrected chi connectivity index (χ0v) is 8.58. The van der Waals surface area contributed by atoms with Crippen LogP contribution in [0.25, 0.3) is 0 Å². The third-order valence-corrected chi connectivity index (χ3v) is 2.59. The maximum atomic E-state index is 8.53. The molecule has 0 fully saturated rings. The molecule has 1 atom stereocenters. The van der Waals surface area contributed by atoms with Crippen molar-refractivity contribution in [1.82, 2.24) is 0 Å². The molecule has 1 aromatic heterocycles. The van der Waals surface area contributed by atoms with Crippen molar-refractivity contribution in [3.05, 3.63) is 21.9 Å². The highest BCUT2D eigenvalue weighted by Gasteiger charge is 2.01. The molecule has 3 heteroatoms. The number of hydrogen-bond donors (Lipinski definition) is 0. The molecule has 0 aliphatic carbocycles. The second kappa shape index (κ2) is 3.89. The van der Waals surface area contributed by atoms with Crippen molar-refractivity contribution in [2.75, 3.05) is 0 Å². The molecule has 58 valence electrons. The second-order valence-corrected chi connectivity index (χ2v) is 5.09. The Morgan fingerprint density at radius 3 is 2.91 bits per heavy atom. The van der Waals surface area contributed by atoms with Crippen molar-refractivity contribution in [2.45, 2.75) is 18.2 Å². The summed E-state index contributed by atoms with van der Waals surface area (Å²) in [5.41, 5.74) is 0. The molecule has 0 radical (unpaired) electrons. The summed E-state index contributed by atoms with van der Waals surface area (Å²) < 4.78 is 0. The SMILES string of the molecule is CC(Br)Cc1ccc(C#N)s1. The summed E-state index contributed by atoms with van der Waals surface area (Å²) >= 11 is 5.04. The largest absolute Gasteiger partial charge is 0.192 e. The fourth-order valence-electron chi connectivity index (χ4n) is 0.825. The summed E-state index contributed by atoms with van der Waals surface area (Å²) in [5, 5.41) is 8.53. The number of alkyl halides is 1. The quantitative estimate of drug-likeness (QED) is 0.716. The van der Waals surface area contributed by atoms with Gasteiger partial charge >= 0.3 is 0 Å². The van der Waals surface area contributed by atoms with Crippen LogP contribution in [-0.4, -0.2) is 4.83 Å². The van der Waals surface area contributed by atoms with Crippen molar-refractivity contribution < 1.29 is 0 Å². The van der Waals surface area contributed by atoms with Crippen LogP contribution >= 0.6 is 27.3 Å². The zero-order chi connectivity index (χ0) is 8.27. The average molecular weight is 230 g/mol. The minimum atomic E-state index is 0.493. The van der Waals surface area contributed by atoms with Crippen molar-refractivity contribution in [3.63, 3.8) is 0 Å². The zero-order valence-electron chi connectivity index (χ0n) is 6.17. The van der Waals surface area contributed by atoms with Crippen LogP contribution in [0.5, 0.6) is 0 Å². The first-order chi connectivity index (χ1) is 5.22. The van der Waals surface area contributed by atoms with E-state index in [1.807, 2.05) is 12.1 Å². The smallest absolute Gasteiger partial charge is 0.110 e. The molecule has 0 aromatic carbocycles. The summed E-state index contributed by atoms with van der Waals surface area (Å²) in [7, 11) is 0. The number of hydrogen-bond acceptors (Lipinski definition) is 2. The van der Waals surface area contributed by atoms with Crippen LogP contribution in [0.3, 0.4) is 0 Å². The van der Waals surface area contributed by atoms with Gasteiger partial charge in [0.1, 0.15) is 10.9 Å². The van der Waals surface area contributed by atoms with Crippen LogP contribution < -0.4 is 0 Å². The number of rotatable bonds is 2. The van der Waals surface area contributed by atoms with Gasteiger partial charge in [-0.25, -0.2) is 0 Å². The lowest BCUT2D eigenvalue weighted by molar-refractivity contribution is 0.980. The molecule has 11 heavy (non-hydrogen) atoms. The van der Waals surface area contributed by atoms with E-state index in [1.54, 1.807) is 11.3 Å². The van der Waals surface area contributed by atoms with Gasteiger partial charge in [-0.1, -0.05) is 22.9 Å². The van der Waals surface area contributed by atoms with Crippen LogP contribution in [0.2, 0.25) is 0 Å². The highest BCUT2D eigenvalue weighted by atomic mass is 79.9. The minimum Gasteiger partial charge on any atom is -0.192 e. The molecule has 1 heterocycles. The van der Waals surface area contributed by atoms with Crippen LogP contribution in [0, 0.1) is 11.3 Å². The first-order valence-corrected chi connectivity index (χ1v) is 5.08. The number of thiophene rings is 1. The molecule has 0 saturated carbocycles. The standard InChI is InChI=1S/C8H8BrNS/c1-6(9)4-7-2-3-8(5-10)11-7/h2-3,6H,4H2,1H3. The third-order valence-electron chi connectivity index (χ3n) is 1.25. The van der Waals surface area contributed by atoms with E-state index in [4.69, 9.17) is 5.26 Å². The van der Waals surface area contributed by atoms with E-state index < -0.39 is 0 Å². The van der Waals surface area contributed by atoms with Crippen LogP contribution in [0.15, 0.2) is 12.1 Å². The van der Waals surface area contributed by atoms with Gasteiger partial charge in [0.2, 0.25) is 0 Å². The molecule has 0 N–H and O–H groups in total. The summed E-state index contributed by atoms with van der Waals surface area (Å²) in [6.07, 6.45) is 1.01. The predicted molar refractivity (Wildman–Crippen MR) is 51.1 cm³/mol. The van der Waals surface area contributed by atoms with E-state index in [2.05, 4.69) is 28.9 Å². The van der Waals surface area contributed by atoms with E-state index in [0.29, 0.717) is 4.83 Å². The van der Waals surface area contributed by atoms with Gasteiger partial charge < -0.3 is 0 Å². The Morgan fingerprint density at radius 2 is 2.45 bits per heavy atom. The Morgan fingerprint density at radius 1 is 1.73 bits per heavy atom. The van der Waals surface area contributed by atoms with E-state index in [1.165, 1.54) is 4.88 Å². The van der Waals surface area contributed by atoms with E-state index in [9.17, 15) is 0 Å². The van der Waals surface area contributed by atoms with Gasteiger partial charge in [-0.2, -0.15) is 5.26 Å². The van der Waals surface area contributed by atoms with Gasteiger partial charge in [-0.05, 0) is 18.6 Å². The molecule has 1 nitrogen and oxygen atoms in total. The minimum absolute atomic E-state index is 0.493. The summed E-state index contributed by atoms with van der Waals surface area (Å²) in [6, 6.07) is 6.01. The molecule has 1 unspecified atom stereocenters. The van der Waals surface area contributed by atoms with Gasteiger partial charge in [-0.3, -0.25) is 0 Å². The van der Waals surface area contributed by atoms with Gasteiger partial charge in [0, 0.05) is 9.70 Å². The maximum Gasteiger partial charge on any atom is 0.110 e. The van der Waals surface area contributed by atoms with Crippen molar-refractivity contribution >= 4 is 27.3 Å². The van der Waals surface area contributed by atoms with E-state index in [0.717, 1.165) is 11.3 Å². The molecule has 0 amide bonds. The molecule has 0 aliphatic rings. The fraction of sp³-hybridized carbons (Fsp3) is 0.375. The first kappa shape index (κ1) is 8.76. The van der Waals surface area contributed by atoms with Gasteiger partial charge in [0.05, 0.1) is 0 Å². The summed E-state index contributed by atoms with van der Waals surface area (Å²) in [5.74, 6) is 0. The van der Waals surface area contributed by atoms with E-state index in [-0.39, 0.29) is 0 Å². The lowest BCUT2D eigenvalue weighted by atomic mass is 10.3. The third kappa shape index (κ3) is 2.64. The molecular weight excluding hydrogens is 222 g/mol. The highest BCUT2D eigenvalue weighted by Crippen LogP contribution is 2.18. The van der Waals surface area contributed by atoms with Crippen molar-refractivity contribution in [3.8, 4) is 6.07 Å². The van der Waals surface area contributed by atoms with Crippen LogP contribution in [0.4, 0.5) is 0 Å². The summed E-state index contributed by atoms with van der Waals surface area (Å²) in [6.45, 7) is 2.10. The Bertz CT molecular complexity index is 272. The normalized spacial score (nSPS) is 12.5. The lowest BCUT2D eigenvalue weighted by Crippen LogP contribution is -1.92. The highest BCUT2D eigenvalue weighted by molar-refractivity contribution is 9.09. The van der Waals surface area contributed by atoms with Crippen molar-refractivity contribution in [2.24, 2.45) is 0 Å². The number of nitriles is 1. The monoisotopic (exact) mass is 229 g/mol. The van der Waals surface area contributed by atoms with Crippen LogP contribution in [0.1, 0.15) is 16.7 Å².